The fourth-order valence-electron chi connectivity index (χ4n) is 1.43. The predicted molar refractivity (Wildman–Crippen MR) is 60.5 cm³/mol. The van der Waals surface area contributed by atoms with Gasteiger partial charge in [0.1, 0.15) is 5.56 Å². The molecular formula is C11H16N2O3. The Balaban J connectivity index is 2.99. The predicted octanol–water partition coefficient (Wildman–Crippen LogP) is 0.138. The number of aliphatic hydroxyl groups excluding tert-OH is 1. The van der Waals surface area contributed by atoms with E-state index in [1.807, 2.05) is 0 Å². The fraction of sp³-hybridized carbons (Fsp3) is 0.455. The number of nitrogens with zero attached hydrogens (tertiary/aromatic N) is 1. The molecule has 0 aliphatic carbocycles. The summed E-state index contributed by atoms with van der Waals surface area (Å²) in [5.74, 6) is -0.349. The maximum absolute atomic E-state index is 11.9. The Bertz CT molecular complexity index is 425. The number of carbonyl (C=O) groups excluding carboxylic acids is 1. The molecule has 0 saturated heterocycles. The van der Waals surface area contributed by atoms with Gasteiger partial charge in [-0.1, -0.05) is 0 Å². The van der Waals surface area contributed by atoms with Crippen LogP contribution < -0.4 is 5.43 Å². The first-order valence-electron chi connectivity index (χ1n) is 5.19. The van der Waals surface area contributed by atoms with E-state index in [4.69, 9.17) is 5.11 Å². The summed E-state index contributed by atoms with van der Waals surface area (Å²) >= 11 is 0. The van der Waals surface area contributed by atoms with E-state index in [1.165, 1.54) is 17.2 Å². The van der Waals surface area contributed by atoms with Crippen LogP contribution in [-0.2, 0) is 0 Å². The Kier molecular flexibility index (Phi) is 4.25. The van der Waals surface area contributed by atoms with Gasteiger partial charge in [-0.2, -0.15) is 0 Å². The lowest BCUT2D eigenvalue weighted by Gasteiger charge is -2.19. The van der Waals surface area contributed by atoms with E-state index in [-0.39, 0.29) is 30.1 Å². The molecular weight excluding hydrogens is 208 g/mol. The van der Waals surface area contributed by atoms with Gasteiger partial charge in [0.15, 0.2) is 5.43 Å². The van der Waals surface area contributed by atoms with Crippen molar-refractivity contribution in [2.24, 2.45) is 0 Å². The zero-order chi connectivity index (χ0) is 12.1. The lowest BCUT2D eigenvalue weighted by Crippen LogP contribution is -2.36. The Morgan fingerprint density at radius 3 is 2.75 bits per heavy atom. The van der Waals surface area contributed by atoms with Gasteiger partial charge >= 0.3 is 0 Å². The second kappa shape index (κ2) is 5.46. The minimum atomic E-state index is -0.349. The molecule has 5 heteroatoms. The third-order valence-electron chi connectivity index (χ3n) is 2.33. The van der Waals surface area contributed by atoms with Crippen LogP contribution >= 0.6 is 0 Å². The lowest BCUT2D eigenvalue weighted by molar-refractivity contribution is 0.0730. The Morgan fingerprint density at radius 2 is 2.25 bits per heavy atom. The van der Waals surface area contributed by atoms with Gasteiger partial charge in [-0.05, 0) is 13.8 Å². The molecule has 0 atom stereocenters. The van der Waals surface area contributed by atoms with E-state index in [2.05, 4.69) is 4.98 Å². The van der Waals surface area contributed by atoms with Crippen molar-refractivity contribution < 1.29 is 9.90 Å². The van der Waals surface area contributed by atoms with Crippen molar-refractivity contribution in [2.45, 2.75) is 13.8 Å². The molecule has 1 heterocycles. The number of nitrogens with one attached hydrogen (secondary N) is 1. The molecule has 0 aliphatic rings. The van der Waals surface area contributed by atoms with Gasteiger partial charge in [0.25, 0.3) is 5.91 Å². The van der Waals surface area contributed by atoms with Crippen LogP contribution in [0.15, 0.2) is 17.1 Å². The topological polar surface area (TPSA) is 73.4 Å². The molecule has 5 nitrogen and oxygen atoms in total. The lowest BCUT2D eigenvalue weighted by atomic mass is 10.2. The first kappa shape index (κ1) is 12.4. The second-order valence-electron chi connectivity index (χ2n) is 3.50. The fourth-order valence-corrected chi connectivity index (χ4v) is 1.43. The van der Waals surface area contributed by atoms with E-state index >= 15 is 0 Å². The number of rotatable bonds is 4. The highest BCUT2D eigenvalue weighted by atomic mass is 16.3. The molecule has 1 aromatic rings. The molecule has 88 valence electrons. The van der Waals surface area contributed by atoms with E-state index in [1.54, 1.807) is 13.8 Å². The third kappa shape index (κ3) is 2.70. The van der Waals surface area contributed by atoms with Gasteiger partial charge in [0.2, 0.25) is 0 Å². The molecule has 0 aliphatic heterocycles. The molecule has 0 bridgehead atoms. The number of aryl methyl sites for hydroxylation is 1. The number of amides is 1. The highest BCUT2D eigenvalue weighted by Crippen LogP contribution is 1.99. The highest BCUT2D eigenvalue weighted by molar-refractivity contribution is 5.93. The van der Waals surface area contributed by atoms with Crippen LogP contribution in [0.25, 0.3) is 0 Å². The standard InChI is InChI=1S/C11H16N2O3/c1-3-13(4-5-14)11(16)9-7-12-8(2)6-10(9)15/h6-7,14H,3-5H2,1-2H3,(H,12,15). The number of carbonyl (C=O) groups is 1. The van der Waals surface area contributed by atoms with Gasteiger partial charge in [-0.15, -0.1) is 0 Å². The molecule has 1 amide bonds. The third-order valence-corrected chi connectivity index (χ3v) is 2.33. The van der Waals surface area contributed by atoms with Gasteiger partial charge in [-0.25, -0.2) is 0 Å². The minimum Gasteiger partial charge on any atom is -0.395 e. The zero-order valence-corrected chi connectivity index (χ0v) is 9.49. The average Bonchev–Trinajstić information content (AvgIpc) is 2.25. The number of likely N-dealkylation sites (N-methyl/N-ethyl adjacent to an activating group) is 1. The maximum Gasteiger partial charge on any atom is 0.259 e. The van der Waals surface area contributed by atoms with Crippen LogP contribution in [0.5, 0.6) is 0 Å². The van der Waals surface area contributed by atoms with E-state index < -0.39 is 0 Å². The van der Waals surface area contributed by atoms with Crippen molar-refractivity contribution in [2.75, 3.05) is 19.7 Å². The summed E-state index contributed by atoms with van der Waals surface area (Å²) in [6, 6.07) is 1.39. The number of aliphatic hydroxyl groups is 1. The SMILES string of the molecule is CCN(CCO)C(=O)c1c[nH]c(C)cc1=O. The van der Waals surface area contributed by atoms with E-state index in [9.17, 15) is 9.59 Å². The van der Waals surface area contributed by atoms with E-state index in [0.29, 0.717) is 12.2 Å². The Hall–Kier alpha value is -1.62. The molecule has 1 aromatic heterocycles. The van der Waals surface area contributed by atoms with Gasteiger partial charge < -0.3 is 15.0 Å². The van der Waals surface area contributed by atoms with Crippen molar-refractivity contribution in [1.82, 2.24) is 9.88 Å². The summed E-state index contributed by atoms with van der Waals surface area (Å²) in [4.78, 5) is 27.7. The molecule has 0 saturated carbocycles. The van der Waals surface area contributed by atoms with Crippen LogP contribution in [0.3, 0.4) is 0 Å². The summed E-state index contributed by atoms with van der Waals surface area (Å²) in [6.07, 6.45) is 1.42. The highest BCUT2D eigenvalue weighted by Gasteiger charge is 2.16. The van der Waals surface area contributed by atoms with Crippen LogP contribution in [0, 0.1) is 6.92 Å². The summed E-state index contributed by atoms with van der Waals surface area (Å²) in [5.41, 5.74) is 0.533. The normalized spacial score (nSPS) is 10.2. The molecule has 16 heavy (non-hydrogen) atoms. The van der Waals surface area contributed by atoms with Gasteiger partial charge in [0.05, 0.1) is 6.61 Å². The summed E-state index contributed by atoms with van der Waals surface area (Å²) in [7, 11) is 0. The summed E-state index contributed by atoms with van der Waals surface area (Å²) in [5, 5.41) is 8.80. The quantitative estimate of drug-likeness (QED) is 0.764. The summed E-state index contributed by atoms with van der Waals surface area (Å²) in [6.45, 7) is 4.15. The number of hydrogen-bond donors (Lipinski definition) is 2. The Morgan fingerprint density at radius 1 is 1.56 bits per heavy atom. The number of aromatic nitrogens is 1. The van der Waals surface area contributed by atoms with Gasteiger partial charge in [-0.3, -0.25) is 9.59 Å². The average molecular weight is 224 g/mol. The second-order valence-corrected chi connectivity index (χ2v) is 3.50. The number of H-pyrrole nitrogens is 1. The van der Waals surface area contributed by atoms with Crippen molar-refractivity contribution in [3.8, 4) is 0 Å². The monoisotopic (exact) mass is 224 g/mol. The van der Waals surface area contributed by atoms with Crippen LogP contribution in [0.1, 0.15) is 23.0 Å². The summed E-state index contributed by atoms with van der Waals surface area (Å²) < 4.78 is 0. The number of pyridine rings is 1. The van der Waals surface area contributed by atoms with Crippen LogP contribution in [-0.4, -0.2) is 40.6 Å². The zero-order valence-electron chi connectivity index (χ0n) is 9.49. The van der Waals surface area contributed by atoms with E-state index in [0.717, 1.165) is 0 Å². The van der Waals surface area contributed by atoms with Crippen molar-refractivity contribution in [3.63, 3.8) is 0 Å². The molecule has 0 unspecified atom stereocenters. The maximum atomic E-state index is 11.9. The van der Waals surface area contributed by atoms with Gasteiger partial charge in [0, 0.05) is 31.0 Å². The van der Waals surface area contributed by atoms with Crippen molar-refractivity contribution in [3.05, 3.63) is 33.7 Å². The molecule has 0 fully saturated rings. The molecule has 0 spiro atoms. The Labute approximate surface area is 93.7 Å². The first-order valence-corrected chi connectivity index (χ1v) is 5.19. The number of aromatic amines is 1. The molecule has 0 radical (unpaired) electrons. The molecule has 0 aromatic carbocycles. The van der Waals surface area contributed by atoms with Crippen molar-refractivity contribution in [1.29, 1.82) is 0 Å². The first-order chi connectivity index (χ1) is 7.60. The molecule has 2 N–H and O–H groups in total. The molecule has 1 rings (SSSR count). The minimum absolute atomic E-state index is 0.108. The largest absolute Gasteiger partial charge is 0.395 e. The van der Waals surface area contributed by atoms with Crippen LogP contribution in [0.2, 0.25) is 0 Å². The number of hydrogen-bond acceptors (Lipinski definition) is 3. The van der Waals surface area contributed by atoms with Crippen molar-refractivity contribution >= 4 is 5.91 Å². The smallest absolute Gasteiger partial charge is 0.259 e. The van der Waals surface area contributed by atoms with Crippen LogP contribution in [0.4, 0.5) is 0 Å².